The van der Waals surface area contributed by atoms with Gasteiger partial charge in [-0.2, -0.15) is 5.10 Å². The molecule has 0 bridgehead atoms. The van der Waals surface area contributed by atoms with Gasteiger partial charge >= 0.3 is 0 Å². The summed E-state index contributed by atoms with van der Waals surface area (Å²) in [5.41, 5.74) is 1.43. The van der Waals surface area contributed by atoms with Gasteiger partial charge in [0.1, 0.15) is 6.54 Å². The molecule has 2 fully saturated rings. The highest BCUT2D eigenvalue weighted by Crippen LogP contribution is 2.34. The molecule has 2 saturated heterocycles. The molecule has 8 nitrogen and oxygen atoms in total. The van der Waals surface area contributed by atoms with Gasteiger partial charge in [0.05, 0.1) is 29.7 Å². The molecule has 4 rings (SSSR count). The number of hydrogen-bond donors (Lipinski definition) is 0. The van der Waals surface area contributed by atoms with Crippen LogP contribution in [0.15, 0.2) is 36.8 Å². The third-order valence-electron chi connectivity index (χ3n) is 5.53. The highest BCUT2D eigenvalue weighted by atomic mass is 16.2. The third kappa shape index (κ3) is 3.32. The maximum atomic E-state index is 12.7. The molecule has 2 aliphatic heterocycles. The van der Waals surface area contributed by atoms with Crippen molar-refractivity contribution >= 4 is 17.5 Å². The fourth-order valence-corrected chi connectivity index (χ4v) is 4.23. The lowest BCUT2D eigenvalue weighted by Crippen LogP contribution is -2.66. The summed E-state index contributed by atoms with van der Waals surface area (Å²) < 4.78 is 1.69. The molecule has 4 heterocycles. The van der Waals surface area contributed by atoms with Crippen LogP contribution in [0.3, 0.4) is 0 Å². The molecule has 2 aliphatic rings. The molecular weight excluding hydrogens is 344 g/mol. The molecule has 0 radical (unpaired) electrons. The maximum absolute atomic E-state index is 12.7. The predicted octanol–water partition coefficient (Wildman–Crippen LogP) is 0.655. The number of aromatic nitrogens is 3. The molecule has 0 aromatic carbocycles. The Morgan fingerprint density at radius 2 is 2.15 bits per heavy atom. The number of amides is 2. The molecule has 2 aromatic heterocycles. The summed E-state index contributed by atoms with van der Waals surface area (Å²) in [6.07, 6.45) is 6.18. The smallest absolute Gasteiger partial charge is 0.246 e. The second-order valence-corrected chi connectivity index (χ2v) is 7.46. The number of rotatable bonds is 3. The summed E-state index contributed by atoms with van der Waals surface area (Å²) in [4.78, 5) is 35.3. The Bertz CT molecular complexity index is 851. The first-order valence-electron chi connectivity index (χ1n) is 9.16. The monoisotopic (exact) mass is 368 g/mol. The van der Waals surface area contributed by atoms with E-state index in [4.69, 9.17) is 0 Å². The van der Waals surface area contributed by atoms with E-state index in [2.05, 4.69) is 15.0 Å². The van der Waals surface area contributed by atoms with E-state index >= 15 is 0 Å². The largest absolute Gasteiger partial charge is 0.325 e. The minimum absolute atomic E-state index is 0.0473. The molecule has 2 aromatic rings. The van der Waals surface area contributed by atoms with Crippen LogP contribution >= 0.6 is 0 Å². The summed E-state index contributed by atoms with van der Waals surface area (Å²) in [5.74, 6) is -0.110. The van der Waals surface area contributed by atoms with E-state index < -0.39 is 0 Å². The van der Waals surface area contributed by atoms with Crippen molar-refractivity contribution in [3.63, 3.8) is 0 Å². The molecule has 0 saturated carbocycles. The molecule has 0 aliphatic carbocycles. The van der Waals surface area contributed by atoms with Crippen LogP contribution in [0.1, 0.15) is 19.0 Å². The van der Waals surface area contributed by atoms with Gasteiger partial charge < -0.3 is 9.80 Å². The lowest BCUT2D eigenvalue weighted by Gasteiger charge is -2.48. The SMILES string of the molecule is CC(=O)N1CC(=O)N(c2cnn(C)c2)CC12CCN(Cc1ccccn1)C2. The van der Waals surface area contributed by atoms with E-state index in [1.54, 1.807) is 33.8 Å². The first-order chi connectivity index (χ1) is 13.0. The van der Waals surface area contributed by atoms with E-state index in [-0.39, 0.29) is 23.9 Å². The number of anilines is 1. The average Bonchev–Trinajstić information content (AvgIpc) is 3.24. The zero-order valence-corrected chi connectivity index (χ0v) is 15.7. The number of carbonyl (C=O) groups is 2. The Balaban J connectivity index is 1.58. The molecule has 2 amide bonds. The Kier molecular flexibility index (Phi) is 4.43. The van der Waals surface area contributed by atoms with Gasteiger partial charge in [0.15, 0.2) is 0 Å². The Labute approximate surface area is 158 Å². The summed E-state index contributed by atoms with van der Waals surface area (Å²) in [5, 5.41) is 4.19. The zero-order valence-electron chi connectivity index (χ0n) is 15.7. The molecule has 1 unspecified atom stereocenters. The van der Waals surface area contributed by atoms with Crippen molar-refractivity contribution in [3.05, 3.63) is 42.5 Å². The highest BCUT2D eigenvalue weighted by molar-refractivity contribution is 5.98. The average molecular weight is 368 g/mol. The Morgan fingerprint density at radius 3 is 2.81 bits per heavy atom. The van der Waals surface area contributed by atoms with Crippen LogP contribution in [0.2, 0.25) is 0 Å². The molecule has 142 valence electrons. The number of piperazine rings is 1. The second kappa shape index (κ2) is 6.77. The molecule has 27 heavy (non-hydrogen) atoms. The van der Waals surface area contributed by atoms with Gasteiger partial charge in [-0.3, -0.25) is 24.2 Å². The maximum Gasteiger partial charge on any atom is 0.246 e. The van der Waals surface area contributed by atoms with Gasteiger partial charge in [0.25, 0.3) is 0 Å². The molecule has 0 N–H and O–H groups in total. The topological polar surface area (TPSA) is 74.6 Å². The number of likely N-dealkylation sites (tertiary alicyclic amines) is 1. The molecule has 8 heteroatoms. The Morgan fingerprint density at radius 1 is 1.30 bits per heavy atom. The summed E-state index contributed by atoms with van der Waals surface area (Å²) in [6.45, 7) is 4.51. The van der Waals surface area contributed by atoms with Gasteiger partial charge in [-0.05, 0) is 18.6 Å². The van der Waals surface area contributed by atoms with Gasteiger partial charge in [-0.1, -0.05) is 6.07 Å². The van der Waals surface area contributed by atoms with E-state index in [0.717, 1.165) is 37.4 Å². The summed E-state index contributed by atoms with van der Waals surface area (Å²) in [6, 6.07) is 5.91. The lowest BCUT2D eigenvalue weighted by atomic mass is 9.92. The molecule has 1 spiro atoms. The zero-order chi connectivity index (χ0) is 19.0. The van der Waals surface area contributed by atoms with Crippen molar-refractivity contribution in [2.24, 2.45) is 7.05 Å². The van der Waals surface area contributed by atoms with E-state index in [0.29, 0.717) is 6.54 Å². The molecule has 1 atom stereocenters. The van der Waals surface area contributed by atoms with Gasteiger partial charge in [-0.25, -0.2) is 0 Å². The number of aryl methyl sites for hydroxylation is 1. The molecular formula is C19H24N6O2. The first-order valence-corrected chi connectivity index (χ1v) is 9.16. The van der Waals surface area contributed by atoms with Crippen LogP contribution in [0, 0.1) is 0 Å². The standard InChI is InChI=1S/C19H24N6O2/c1-15(26)25-12-18(27)24(17-9-21-22(2)11-17)14-19(25)6-8-23(13-19)10-16-5-3-4-7-20-16/h3-5,7,9,11H,6,8,10,12-14H2,1-2H3. The Hall–Kier alpha value is -2.74. The number of carbonyl (C=O) groups excluding carboxylic acids is 2. The third-order valence-corrected chi connectivity index (χ3v) is 5.53. The van der Waals surface area contributed by atoms with Crippen LogP contribution in [-0.2, 0) is 23.2 Å². The summed E-state index contributed by atoms with van der Waals surface area (Å²) in [7, 11) is 1.83. The van der Waals surface area contributed by atoms with E-state index in [1.807, 2.05) is 31.4 Å². The van der Waals surface area contributed by atoms with Gasteiger partial charge in [0.2, 0.25) is 11.8 Å². The lowest BCUT2D eigenvalue weighted by molar-refractivity contribution is -0.142. The van der Waals surface area contributed by atoms with Crippen molar-refractivity contribution in [2.75, 3.05) is 31.1 Å². The fourth-order valence-electron chi connectivity index (χ4n) is 4.23. The highest BCUT2D eigenvalue weighted by Gasteiger charge is 2.50. The van der Waals surface area contributed by atoms with Crippen molar-refractivity contribution in [3.8, 4) is 0 Å². The fraction of sp³-hybridized carbons (Fsp3) is 0.474. The van der Waals surface area contributed by atoms with Gasteiger partial charge in [-0.15, -0.1) is 0 Å². The minimum Gasteiger partial charge on any atom is -0.325 e. The number of hydrogen-bond acceptors (Lipinski definition) is 5. The van der Waals surface area contributed by atoms with E-state index in [1.165, 1.54) is 0 Å². The van der Waals surface area contributed by atoms with Gasteiger partial charge in [0, 0.05) is 46.0 Å². The van der Waals surface area contributed by atoms with Crippen LogP contribution in [0.5, 0.6) is 0 Å². The van der Waals surface area contributed by atoms with Crippen molar-refractivity contribution < 1.29 is 9.59 Å². The number of pyridine rings is 1. The van der Waals surface area contributed by atoms with Crippen LogP contribution in [-0.4, -0.2) is 68.1 Å². The van der Waals surface area contributed by atoms with Crippen molar-refractivity contribution in [2.45, 2.75) is 25.4 Å². The van der Waals surface area contributed by atoms with Crippen molar-refractivity contribution in [1.29, 1.82) is 0 Å². The first kappa shape index (κ1) is 17.7. The van der Waals surface area contributed by atoms with E-state index in [9.17, 15) is 9.59 Å². The minimum atomic E-state index is -0.371. The number of nitrogens with zero attached hydrogens (tertiary/aromatic N) is 6. The van der Waals surface area contributed by atoms with Crippen LogP contribution in [0.4, 0.5) is 5.69 Å². The second-order valence-electron chi connectivity index (χ2n) is 7.46. The quantitative estimate of drug-likeness (QED) is 0.795. The van der Waals surface area contributed by atoms with Crippen LogP contribution < -0.4 is 4.90 Å². The van der Waals surface area contributed by atoms with Crippen molar-refractivity contribution in [1.82, 2.24) is 24.6 Å². The van der Waals surface area contributed by atoms with Crippen LogP contribution in [0.25, 0.3) is 0 Å². The predicted molar refractivity (Wildman–Crippen MR) is 99.8 cm³/mol. The summed E-state index contributed by atoms with van der Waals surface area (Å²) >= 11 is 0. The normalized spacial score (nSPS) is 23.4.